The first kappa shape index (κ1) is 16.3. The summed E-state index contributed by atoms with van der Waals surface area (Å²) < 4.78 is 22.2. The first-order valence-electron chi connectivity index (χ1n) is 7.30. The number of hydrogen-bond donors (Lipinski definition) is 1. The molecule has 1 aliphatic carbocycles. The fourth-order valence-corrected chi connectivity index (χ4v) is 3.53. The van der Waals surface area contributed by atoms with Crippen LogP contribution in [0.3, 0.4) is 0 Å². The van der Waals surface area contributed by atoms with Gasteiger partial charge in [0.25, 0.3) is 15.0 Å². The summed E-state index contributed by atoms with van der Waals surface area (Å²) in [7, 11) is 1.49. The van der Waals surface area contributed by atoms with Crippen molar-refractivity contribution in [2.45, 2.75) is 43.4 Å². The summed E-state index contributed by atoms with van der Waals surface area (Å²) in [5, 5.41) is 2.86. The molecule has 1 fully saturated rings. The van der Waals surface area contributed by atoms with Crippen LogP contribution in [-0.4, -0.2) is 20.9 Å². The third kappa shape index (κ3) is 5.00. The first-order valence-corrected chi connectivity index (χ1v) is 9.60. The second-order valence-corrected chi connectivity index (χ2v) is 8.08. The van der Waals surface area contributed by atoms with Crippen LogP contribution in [0.15, 0.2) is 29.2 Å². The van der Waals surface area contributed by atoms with Gasteiger partial charge in [0.2, 0.25) is 0 Å². The van der Waals surface area contributed by atoms with E-state index in [2.05, 4.69) is 5.32 Å². The molecule has 0 bridgehead atoms. The summed E-state index contributed by atoms with van der Waals surface area (Å²) in [5.41, 5.74) is 0.444. The first-order chi connectivity index (χ1) is 9.97. The minimum atomic E-state index is -3.74. The standard InChI is InChI=1S/C15H20ClNO3S/c16-21(19,20)14-9-7-13(8-10-14)15(18)17-11-3-6-12-4-1-2-5-12/h7-10,12H,1-6,11H2,(H,17,18). The molecule has 116 valence electrons. The van der Waals surface area contributed by atoms with Crippen LogP contribution in [0.1, 0.15) is 48.9 Å². The molecule has 1 aliphatic rings. The molecule has 1 aromatic carbocycles. The van der Waals surface area contributed by atoms with Crippen molar-refractivity contribution in [3.63, 3.8) is 0 Å². The Kier molecular flexibility index (Phi) is 5.65. The average molecular weight is 330 g/mol. The minimum Gasteiger partial charge on any atom is -0.352 e. The van der Waals surface area contributed by atoms with Gasteiger partial charge in [-0.1, -0.05) is 25.7 Å². The van der Waals surface area contributed by atoms with Crippen LogP contribution in [-0.2, 0) is 9.05 Å². The van der Waals surface area contributed by atoms with Crippen molar-refractivity contribution >= 4 is 25.6 Å². The lowest BCUT2D eigenvalue weighted by Crippen LogP contribution is -2.24. The lowest BCUT2D eigenvalue weighted by Gasteiger charge is -2.09. The molecule has 1 amide bonds. The molecule has 0 radical (unpaired) electrons. The lowest BCUT2D eigenvalue weighted by molar-refractivity contribution is 0.0952. The normalized spacial score (nSPS) is 16.0. The second kappa shape index (κ2) is 7.27. The molecule has 0 spiro atoms. The van der Waals surface area contributed by atoms with Gasteiger partial charge in [0, 0.05) is 22.8 Å². The molecule has 1 N–H and O–H groups in total. The molecule has 1 saturated carbocycles. The van der Waals surface area contributed by atoms with E-state index >= 15 is 0 Å². The Balaban J connectivity index is 1.77. The zero-order chi connectivity index (χ0) is 15.3. The van der Waals surface area contributed by atoms with Crippen LogP contribution in [0.2, 0.25) is 0 Å². The van der Waals surface area contributed by atoms with Crippen LogP contribution in [0, 0.1) is 5.92 Å². The number of amides is 1. The van der Waals surface area contributed by atoms with Gasteiger partial charge in [0.15, 0.2) is 0 Å². The summed E-state index contributed by atoms with van der Waals surface area (Å²) in [6, 6.07) is 5.63. The number of halogens is 1. The van der Waals surface area contributed by atoms with E-state index in [1.807, 2.05) is 0 Å². The van der Waals surface area contributed by atoms with E-state index < -0.39 is 9.05 Å². The molecule has 0 aromatic heterocycles. The molecule has 0 atom stereocenters. The molecular weight excluding hydrogens is 310 g/mol. The summed E-state index contributed by atoms with van der Waals surface area (Å²) in [6.07, 6.45) is 7.48. The fraction of sp³-hybridized carbons (Fsp3) is 0.533. The van der Waals surface area contributed by atoms with Crippen molar-refractivity contribution in [3.8, 4) is 0 Å². The maximum atomic E-state index is 11.9. The van der Waals surface area contributed by atoms with Gasteiger partial charge in [-0.2, -0.15) is 0 Å². The summed E-state index contributed by atoms with van der Waals surface area (Å²) >= 11 is 0. The van der Waals surface area contributed by atoms with E-state index in [1.165, 1.54) is 56.4 Å². The number of carbonyl (C=O) groups excluding carboxylic acids is 1. The van der Waals surface area contributed by atoms with Crippen LogP contribution in [0.25, 0.3) is 0 Å². The van der Waals surface area contributed by atoms with Gasteiger partial charge in [-0.05, 0) is 43.0 Å². The SMILES string of the molecule is O=C(NCCCC1CCCC1)c1ccc(S(=O)(=O)Cl)cc1. The van der Waals surface area contributed by atoms with E-state index in [-0.39, 0.29) is 10.8 Å². The lowest BCUT2D eigenvalue weighted by atomic mass is 10.0. The van der Waals surface area contributed by atoms with Crippen LogP contribution in [0.4, 0.5) is 0 Å². The molecule has 4 nitrogen and oxygen atoms in total. The van der Waals surface area contributed by atoms with Crippen molar-refractivity contribution in [3.05, 3.63) is 29.8 Å². The van der Waals surface area contributed by atoms with Crippen molar-refractivity contribution in [2.75, 3.05) is 6.54 Å². The van der Waals surface area contributed by atoms with E-state index in [0.29, 0.717) is 12.1 Å². The van der Waals surface area contributed by atoms with E-state index in [0.717, 1.165) is 12.3 Å². The van der Waals surface area contributed by atoms with E-state index in [9.17, 15) is 13.2 Å². The Hall–Kier alpha value is -1.07. The highest BCUT2D eigenvalue weighted by atomic mass is 35.7. The monoisotopic (exact) mass is 329 g/mol. The Morgan fingerprint density at radius 1 is 1.19 bits per heavy atom. The van der Waals surface area contributed by atoms with Crippen molar-refractivity contribution in [1.29, 1.82) is 0 Å². The van der Waals surface area contributed by atoms with Gasteiger partial charge < -0.3 is 5.32 Å². The molecule has 6 heteroatoms. The van der Waals surface area contributed by atoms with Gasteiger partial charge in [-0.25, -0.2) is 8.42 Å². The zero-order valence-corrected chi connectivity index (χ0v) is 13.4. The highest BCUT2D eigenvalue weighted by molar-refractivity contribution is 8.13. The summed E-state index contributed by atoms with van der Waals surface area (Å²) in [6.45, 7) is 0.658. The molecular formula is C15H20ClNO3S. The predicted molar refractivity (Wildman–Crippen MR) is 83.0 cm³/mol. The highest BCUT2D eigenvalue weighted by Gasteiger charge is 2.15. The molecule has 1 aromatic rings. The number of rotatable bonds is 6. The van der Waals surface area contributed by atoms with Gasteiger partial charge >= 0.3 is 0 Å². The topological polar surface area (TPSA) is 63.2 Å². The van der Waals surface area contributed by atoms with Crippen LogP contribution >= 0.6 is 10.7 Å². The Labute approximate surface area is 130 Å². The van der Waals surface area contributed by atoms with Crippen LogP contribution in [0.5, 0.6) is 0 Å². The Morgan fingerprint density at radius 2 is 1.81 bits per heavy atom. The molecule has 2 rings (SSSR count). The molecule has 0 aliphatic heterocycles. The van der Waals surface area contributed by atoms with Gasteiger partial charge in [-0.3, -0.25) is 4.79 Å². The number of carbonyl (C=O) groups is 1. The summed E-state index contributed by atoms with van der Waals surface area (Å²) in [5.74, 6) is 0.648. The Morgan fingerprint density at radius 3 is 2.38 bits per heavy atom. The minimum absolute atomic E-state index is 0.00181. The third-order valence-electron chi connectivity index (χ3n) is 3.95. The average Bonchev–Trinajstić information content (AvgIpc) is 2.96. The van der Waals surface area contributed by atoms with Crippen molar-refractivity contribution < 1.29 is 13.2 Å². The Bertz CT molecular complexity index is 577. The second-order valence-electron chi connectivity index (χ2n) is 5.51. The van der Waals surface area contributed by atoms with Crippen molar-refractivity contribution in [2.24, 2.45) is 5.92 Å². The van der Waals surface area contributed by atoms with E-state index in [1.54, 1.807) is 0 Å². The van der Waals surface area contributed by atoms with Crippen molar-refractivity contribution in [1.82, 2.24) is 5.32 Å². The van der Waals surface area contributed by atoms with Gasteiger partial charge in [0.05, 0.1) is 4.90 Å². The van der Waals surface area contributed by atoms with E-state index in [4.69, 9.17) is 10.7 Å². The molecule has 21 heavy (non-hydrogen) atoms. The quantitative estimate of drug-likeness (QED) is 0.643. The number of hydrogen-bond acceptors (Lipinski definition) is 3. The molecule has 0 saturated heterocycles. The highest BCUT2D eigenvalue weighted by Crippen LogP contribution is 2.28. The number of benzene rings is 1. The maximum Gasteiger partial charge on any atom is 0.261 e. The number of nitrogens with one attached hydrogen (secondary N) is 1. The summed E-state index contributed by atoms with van der Waals surface area (Å²) in [4.78, 5) is 11.9. The maximum absolute atomic E-state index is 11.9. The van der Waals surface area contributed by atoms with Gasteiger partial charge in [0.1, 0.15) is 0 Å². The largest absolute Gasteiger partial charge is 0.352 e. The smallest absolute Gasteiger partial charge is 0.261 e. The predicted octanol–water partition coefficient (Wildman–Crippen LogP) is 3.31. The molecule has 0 heterocycles. The fourth-order valence-electron chi connectivity index (χ4n) is 2.76. The third-order valence-corrected chi connectivity index (χ3v) is 5.32. The van der Waals surface area contributed by atoms with Gasteiger partial charge in [-0.15, -0.1) is 0 Å². The molecule has 0 unspecified atom stereocenters. The zero-order valence-electron chi connectivity index (χ0n) is 11.8. The van der Waals surface area contributed by atoms with Crippen LogP contribution < -0.4 is 5.32 Å².